The van der Waals surface area contributed by atoms with Gasteiger partial charge in [0.05, 0.1) is 6.26 Å². The van der Waals surface area contributed by atoms with Crippen LogP contribution in [0.3, 0.4) is 0 Å². The van der Waals surface area contributed by atoms with Gasteiger partial charge >= 0.3 is 0 Å². The lowest BCUT2D eigenvalue weighted by molar-refractivity contribution is -0.125. The normalized spacial score (nSPS) is 18.2. The van der Waals surface area contributed by atoms with E-state index in [4.69, 9.17) is 4.42 Å². The second-order valence-electron chi connectivity index (χ2n) is 5.01. The molecule has 0 aromatic carbocycles. The van der Waals surface area contributed by atoms with Crippen LogP contribution in [0.5, 0.6) is 0 Å². The second-order valence-corrected chi connectivity index (χ2v) is 5.01. The molecule has 0 unspecified atom stereocenters. The standard InChI is InChI=1S/C14H21NO2/c1-11(8-9-13-7-4-10-17-13)15-14(16)12-5-2-3-6-12/h4,7,10-12H,2-3,5-6,8-9H2,1H3,(H,15,16)/t11-/m1/s1. The van der Waals surface area contributed by atoms with E-state index in [9.17, 15) is 4.79 Å². The van der Waals surface area contributed by atoms with Crippen LogP contribution in [0.25, 0.3) is 0 Å². The van der Waals surface area contributed by atoms with E-state index in [1.54, 1.807) is 6.26 Å². The molecule has 0 aliphatic heterocycles. The molecule has 17 heavy (non-hydrogen) atoms. The highest BCUT2D eigenvalue weighted by Gasteiger charge is 2.23. The van der Waals surface area contributed by atoms with Gasteiger partial charge < -0.3 is 9.73 Å². The largest absolute Gasteiger partial charge is 0.469 e. The monoisotopic (exact) mass is 235 g/mol. The number of rotatable bonds is 5. The molecular weight excluding hydrogens is 214 g/mol. The van der Waals surface area contributed by atoms with Gasteiger partial charge in [0.2, 0.25) is 5.91 Å². The fraction of sp³-hybridized carbons (Fsp3) is 0.643. The predicted octanol–water partition coefficient (Wildman–Crippen LogP) is 2.91. The molecule has 1 atom stereocenters. The predicted molar refractivity (Wildman–Crippen MR) is 66.6 cm³/mol. The lowest BCUT2D eigenvalue weighted by atomic mass is 10.1. The summed E-state index contributed by atoms with van der Waals surface area (Å²) in [5, 5.41) is 3.10. The Balaban J connectivity index is 1.69. The van der Waals surface area contributed by atoms with Crippen LogP contribution in [0.4, 0.5) is 0 Å². The maximum Gasteiger partial charge on any atom is 0.223 e. The fourth-order valence-electron chi connectivity index (χ4n) is 2.43. The maximum atomic E-state index is 11.9. The van der Waals surface area contributed by atoms with Crippen LogP contribution in [0.2, 0.25) is 0 Å². The number of carbonyl (C=O) groups is 1. The summed E-state index contributed by atoms with van der Waals surface area (Å²) in [5.41, 5.74) is 0. The molecule has 3 heteroatoms. The highest BCUT2D eigenvalue weighted by molar-refractivity contribution is 5.79. The Morgan fingerprint density at radius 1 is 1.53 bits per heavy atom. The zero-order chi connectivity index (χ0) is 12.1. The van der Waals surface area contributed by atoms with Crippen molar-refractivity contribution in [1.29, 1.82) is 0 Å². The quantitative estimate of drug-likeness (QED) is 0.852. The number of carbonyl (C=O) groups excluding carboxylic acids is 1. The SMILES string of the molecule is C[C@H](CCc1ccco1)NC(=O)C1CCCC1. The van der Waals surface area contributed by atoms with Crippen molar-refractivity contribution < 1.29 is 9.21 Å². The van der Waals surface area contributed by atoms with Gasteiger partial charge in [-0.2, -0.15) is 0 Å². The van der Waals surface area contributed by atoms with E-state index < -0.39 is 0 Å². The van der Waals surface area contributed by atoms with E-state index in [2.05, 4.69) is 12.2 Å². The molecule has 0 saturated heterocycles. The first-order chi connectivity index (χ1) is 8.25. The van der Waals surface area contributed by atoms with Crippen molar-refractivity contribution >= 4 is 5.91 Å². The van der Waals surface area contributed by atoms with Gasteiger partial charge in [-0.25, -0.2) is 0 Å². The Labute approximate surface area is 103 Å². The Morgan fingerprint density at radius 2 is 2.29 bits per heavy atom. The van der Waals surface area contributed by atoms with Gasteiger partial charge in [-0.1, -0.05) is 12.8 Å². The van der Waals surface area contributed by atoms with Crippen LogP contribution in [0.1, 0.15) is 44.8 Å². The summed E-state index contributed by atoms with van der Waals surface area (Å²) in [5.74, 6) is 1.50. The van der Waals surface area contributed by atoms with Crippen LogP contribution < -0.4 is 5.32 Å². The number of hydrogen-bond donors (Lipinski definition) is 1. The first-order valence-corrected chi connectivity index (χ1v) is 6.58. The summed E-state index contributed by atoms with van der Waals surface area (Å²) in [4.78, 5) is 11.9. The number of hydrogen-bond acceptors (Lipinski definition) is 2. The van der Waals surface area contributed by atoms with Crippen LogP contribution in [0.15, 0.2) is 22.8 Å². The molecule has 1 amide bonds. The zero-order valence-electron chi connectivity index (χ0n) is 10.4. The van der Waals surface area contributed by atoms with E-state index >= 15 is 0 Å². The van der Waals surface area contributed by atoms with Gasteiger partial charge in [0.25, 0.3) is 0 Å². The highest BCUT2D eigenvalue weighted by atomic mass is 16.3. The molecule has 1 fully saturated rings. The minimum absolute atomic E-state index is 0.230. The highest BCUT2D eigenvalue weighted by Crippen LogP contribution is 2.24. The van der Waals surface area contributed by atoms with E-state index in [0.717, 1.165) is 31.4 Å². The summed E-state index contributed by atoms with van der Waals surface area (Å²) >= 11 is 0. The number of amides is 1. The van der Waals surface area contributed by atoms with Gasteiger partial charge in [-0.3, -0.25) is 4.79 Å². The Bertz CT molecular complexity index is 339. The number of nitrogens with one attached hydrogen (secondary N) is 1. The van der Waals surface area contributed by atoms with Gasteiger partial charge in [-0.05, 0) is 38.3 Å². The molecule has 1 aliphatic rings. The molecule has 1 aromatic rings. The molecule has 1 saturated carbocycles. The molecule has 0 radical (unpaired) electrons. The third kappa shape index (κ3) is 3.62. The molecule has 0 bridgehead atoms. The first kappa shape index (κ1) is 12.2. The number of aryl methyl sites for hydroxylation is 1. The molecule has 1 heterocycles. The van der Waals surface area contributed by atoms with E-state index in [-0.39, 0.29) is 17.9 Å². The van der Waals surface area contributed by atoms with Crippen LogP contribution in [0, 0.1) is 5.92 Å². The van der Waals surface area contributed by atoms with Crippen molar-refractivity contribution in [3.8, 4) is 0 Å². The van der Waals surface area contributed by atoms with Crippen molar-refractivity contribution in [2.45, 2.75) is 51.5 Å². The third-order valence-corrected chi connectivity index (χ3v) is 3.52. The molecule has 1 N–H and O–H groups in total. The third-order valence-electron chi connectivity index (χ3n) is 3.52. The van der Waals surface area contributed by atoms with E-state index in [1.165, 1.54) is 12.8 Å². The summed E-state index contributed by atoms with van der Waals surface area (Å²) in [7, 11) is 0. The van der Waals surface area contributed by atoms with Gasteiger partial charge in [0.15, 0.2) is 0 Å². The van der Waals surface area contributed by atoms with Gasteiger partial charge in [0, 0.05) is 18.4 Å². The van der Waals surface area contributed by atoms with Crippen molar-refractivity contribution in [3.05, 3.63) is 24.2 Å². The van der Waals surface area contributed by atoms with Crippen LogP contribution in [-0.2, 0) is 11.2 Å². The fourth-order valence-corrected chi connectivity index (χ4v) is 2.43. The molecule has 1 aliphatic carbocycles. The summed E-state index contributed by atoms with van der Waals surface area (Å²) in [6, 6.07) is 4.11. The van der Waals surface area contributed by atoms with Crippen molar-refractivity contribution in [3.63, 3.8) is 0 Å². The van der Waals surface area contributed by atoms with Crippen molar-refractivity contribution in [2.24, 2.45) is 5.92 Å². The van der Waals surface area contributed by atoms with Crippen molar-refractivity contribution in [2.75, 3.05) is 0 Å². The first-order valence-electron chi connectivity index (χ1n) is 6.58. The minimum Gasteiger partial charge on any atom is -0.469 e. The van der Waals surface area contributed by atoms with Crippen LogP contribution in [-0.4, -0.2) is 11.9 Å². The topological polar surface area (TPSA) is 42.2 Å². The smallest absolute Gasteiger partial charge is 0.223 e. The Kier molecular flexibility index (Phi) is 4.24. The zero-order valence-corrected chi connectivity index (χ0v) is 10.4. The minimum atomic E-state index is 0.230. The summed E-state index contributed by atoms with van der Waals surface area (Å²) < 4.78 is 5.28. The summed E-state index contributed by atoms with van der Waals surface area (Å²) in [6.45, 7) is 2.07. The lowest BCUT2D eigenvalue weighted by Crippen LogP contribution is -2.36. The van der Waals surface area contributed by atoms with E-state index in [0.29, 0.717) is 0 Å². The van der Waals surface area contributed by atoms with E-state index in [1.807, 2.05) is 12.1 Å². The summed E-state index contributed by atoms with van der Waals surface area (Å²) in [6.07, 6.45) is 8.06. The molecule has 94 valence electrons. The second kappa shape index (κ2) is 5.89. The Hall–Kier alpha value is -1.25. The molecular formula is C14H21NO2. The molecule has 0 spiro atoms. The molecule has 2 rings (SSSR count). The van der Waals surface area contributed by atoms with Gasteiger partial charge in [-0.15, -0.1) is 0 Å². The van der Waals surface area contributed by atoms with Crippen molar-refractivity contribution in [1.82, 2.24) is 5.32 Å². The maximum absolute atomic E-state index is 11.9. The average Bonchev–Trinajstić information content (AvgIpc) is 2.99. The van der Waals surface area contributed by atoms with Gasteiger partial charge in [0.1, 0.15) is 5.76 Å². The molecule has 3 nitrogen and oxygen atoms in total. The lowest BCUT2D eigenvalue weighted by Gasteiger charge is -2.16. The van der Waals surface area contributed by atoms with Crippen LogP contribution >= 0.6 is 0 Å². The Morgan fingerprint density at radius 3 is 2.94 bits per heavy atom. The number of furan rings is 1. The average molecular weight is 235 g/mol. The molecule has 1 aromatic heterocycles.